The van der Waals surface area contributed by atoms with Gasteiger partial charge < -0.3 is 9.52 Å². The summed E-state index contributed by atoms with van der Waals surface area (Å²) in [6.45, 7) is 1.91. The van der Waals surface area contributed by atoms with Crippen LogP contribution in [0, 0.1) is 11.3 Å². The van der Waals surface area contributed by atoms with Crippen LogP contribution < -0.4 is 0 Å². The molecule has 0 aliphatic carbocycles. The largest absolute Gasteiger partial charge is 0.419 e. The summed E-state index contributed by atoms with van der Waals surface area (Å²) in [7, 11) is 0. The van der Waals surface area contributed by atoms with Crippen LogP contribution in [0.1, 0.15) is 37.1 Å². The molecule has 1 aromatic heterocycles. The van der Waals surface area contributed by atoms with Crippen molar-refractivity contribution in [1.29, 1.82) is 5.26 Å². The lowest BCUT2D eigenvalue weighted by Gasteiger charge is -2.22. The van der Waals surface area contributed by atoms with Crippen LogP contribution in [-0.4, -0.2) is 39.4 Å². The van der Waals surface area contributed by atoms with Crippen molar-refractivity contribution in [3.63, 3.8) is 0 Å². The molecule has 0 bridgehead atoms. The molecule has 2 aromatic rings. The lowest BCUT2D eigenvalue weighted by atomic mass is 10.1. The van der Waals surface area contributed by atoms with Gasteiger partial charge in [-0.15, -0.1) is 10.2 Å². The third kappa shape index (κ3) is 3.76. The lowest BCUT2D eigenvalue weighted by molar-refractivity contribution is 0.195. The van der Waals surface area contributed by atoms with Crippen LogP contribution in [0.5, 0.6) is 0 Å². The van der Waals surface area contributed by atoms with Crippen molar-refractivity contribution in [3.05, 3.63) is 35.7 Å². The first kappa shape index (κ1) is 15.7. The minimum Gasteiger partial charge on any atom is -0.419 e. The van der Waals surface area contributed by atoms with Gasteiger partial charge in [0.15, 0.2) is 0 Å². The van der Waals surface area contributed by atoms with E-state index in [4.69, 9.17) is 14.8 Å². The van der Waals surface area contributed by atoms with Crippen LogP contribution in [-0.2, 0) is 6.54 Å². The molecule has 3 rings (SSSR count). The van der Waals surface area contributed by atoms with E-state index < -0.39 is 0 Å². The van der Waals surface area contributed by atoms with Crippen LogP contribution in [0.4, 0.5) is 0 Å². The van der Waals surface area contributed by atoms with E-state index in [2.05, 4.69) is 21.2 Å². The highest BCUT2D eigenvalue weighted by Gasteiger charge is 2.25. The van der Waals surface area contributed by atoms with Gasteiger partial charge in [0.2, 0.25) is 11.8 Å². The Hall–Kier alpha value is -2.23. The molecular formula is C17H20N4O2. The van der Waals surface area contributed by atoms with Crippen molar-refractivity contribution in [2.45, 2.75) is 38.3 Å². The molecule has 1 N–H and O–H groups in total. The molecular weight excluding hydrogens is 292 g/mol. The number of rotatable bonds is 6. The maximum absolute atomic E-state index is 8.99. The summed E-state index contributed by atoms with van der Waals surface area (Å²) < 4.78 is 5.76. The topological polar surface area (TPSA) is 86.2 Å². The molecule has 1 aliphatic rings. The number of hydrogen-bond acceptors (Lipinski definition) is 6. The molecule has 23 heavy (non-hydrogen) atoms. The zero-order chi connectivity index (χ0) is 16.1. The smallest absolute Gasteiger partial charge is 0.247 e. The van der Waals surface area contributed by atoms with Crippen molar-refractivity contribution in [3.8, 4) is 17.5 Å². The molecule has 0 spiro atoms. The van der Waals surface area contributed by atoms with Crippen molar-refractivity contribution in [1.82, 2.24) is 15.1 Å². The van der Waals surface area contributed by atoms with Gasteiger partial charge in [0.25, 0.3) is 0 Å². The first-order valence-electron chi connectivity index (χ1n) is 7.98. The van der Waals surface area contributed by atoms with Gasteiger partial charge in [-0.05, 0) is 50.4 Å². The number of aromatic nitrogens is 2. The SMILES string of the molecule is N#Cc1cccc(-c2nnc(CN3CCC[C@H]3CCCO)o2)c1. The number of nitriles is 1. The van der Waals surface area contributed by atoms with E-state index >= 15 is 0 Å². The molecule has 1 aliphatic heterocycles. The number of likely N-dealkylation sites (tertiary alicyclic amines) is 1. The van der Waals surface area contributed by atoms with E-state index in [1.54, 1.807) is 12.1 Å². The molecule has 1 atom stereocenters. The average molecular weight is 312 g/mol. The molecule has 0 amide bonds. The van der Waals surface area contributed by atoms with Crippen LogP contribution in [0.2, 0.25) is 0 Å². The van der Waals surface area contributed by atoms with E-state index in [0.717, 1.165) is 31.4 Å². The number of hydrogen-bond donors (Lipinski definition) is 1. The Labute approximate surface area is 135 Å². The van der Waals surface area contributed by atoms with Crippen molar-refractivity contribution >= 4 is 0 Å². The van der Waals surface area contributed by atoms with Crippen LogP contribution in [0.25, 0.3) is 11.5 Å². The highest BCUT2D eigenvalue weighted by Crippen LogP contribution is 2.24. The summed E-state index contributed by atoms with van der Waals surface area (Å²) >= 11 is 0. The van der Waals surface area contributed by atoms with Crippen LogP contribution >= 0.6 is 0 Å². The normalized spacial score (nSPS) is 18.2. The van der Waals surface area contributed by atoms with Gasteiger partial charge in [0.1, 0.15) is 0 Å². The average Bonchev–Trinajstić information content (AvgIpc) is 3.23. The molecule has 0 radical (unpaired) electrons. The fraction of sp³-hybridized carbons (Fsp3) is 0.471. The predicted octanol–water partition coefficient (Wildman–Crippen LogP) is 2.35. The second-order valence-corrected chi connectivity index (χ2v) is 5.83. The summed E-state index contributed by atoms with van der Waals surface area (Å²) in [6.07, 6.45) is 4.16. The minimum atomic E-state index is 0.240. The first-order valence-corrected chi connectivity index (χ1v) is 7.98. The molecule has 2 heterocycles. The number of aliphatic hydroxyl groups is 1. The standard InChI is InChI=1S/C17H20N4O2/c18-11-13-4-1-5-14(10-13)17-20-19-16(23-17)12-21-8-2-6-15(21)7-3-9-22/h1,4-5,10,15,22H,2-3,6-9,12H2/t15-/m0/s1. The van der Waals surface area contributed by atoms with Gasteiger partial charge in [-0.1, -0.05) is 6.07 Å². The van der Waals surface area contributed by atoms with E-state index in [-0.39, 0.29) is 6.61 Å². The van der Waals surface area contributed by atoms with Gasteiger partial charge in [-0.3, -0.25) is 4.90 Å². The molecule has 0 unspecified atom stereocenters. The molecule has 120 valence electrons. The highest BCUT2D eigenvalue weighted by molar-refractivity contribution is 5.55. The Balaban J connectivity index is 1.68. The van der Waals surface area contributed by atoms with Gasteiger partial charge in [-0.2, -0.15) is 5.26 Å². The quantitative estimate of drug-likeness (QED) is 0.881. The summed E-state index contributed by atoms with van der Waals surface area (Å²) in [6, 6.07) is 9.76. The van der Waals surface area contributed by atoms with E-state index in [0.29, 0.717) is 29.9 Å². The monoisotopic (exact) mass is 312 g/mol. The van der Waals surface area contributed by atoms with E-state index in [1.807, 2.05) is 12.1 Å². The highest BCUT2D eigenvalue weighted by atomic mass is 16.4. The number of benzene rings is 1. The van der Waals surface area contributed by atoms with Gasteiger partial charge in [-0.25, -0.2) is 0 Å². The van der Waals surface area contributed by atoms with E-state index in [1.165, 1.54) is 6.42 Å². The van der Waals surface area contributed by atoms with E-state index in [9.17, 15) is 0 Å². The molecule has 1 saturated heterocycles. The summed E-state index contributed by atoms with van der Waals surface area (Å²) in [4.78, 5) is 2.35. The third-order valence-electron chi connectivity index (χ3n) is 4.24. The molecule has 6 nitrogen and oxygen atoms in total. The maximum atomic E-state index is 8.99. The maximum Gasteiger partial charge on any atom is 0.247 e. The second-order valence-electron chi connectivity index (χ2n) is 5.83. The Bertz CT molecular complexity index is 692. The van der Waals surface area contributed by atoms with Crippen molar-refractivity contribution in [2.24, 2.45) is 0 Å². The van der Waals surface area contributed by atoms with Gasteiger partial charge >= 0.3 is 0 Å². The molecule has 0 saturated carbocycles. The Kier molecular flexibility index (Phi) is 5.01. The van der Waals surface area contributed by atoms with Crippen LogP contribution in [0.15, 0.2) is 28.7 Å². The summed E-state index contributed by atoms with van der Waals surface area (Å²) in [5, 5.41) is 26.2. The fourth-order valence-electron chi connectivity index (χ4n) is 3.09. The van der Waals surface area contributed by atoms with Gasteiger partial charge in [0, 0.05) is 18.2 Å². The first-order chi connectivity index (χ1) is 11.3. The second kappa shape index (κ2) is 7.36. The molecule has 1 aromatic carbocycles. The predicted molar refractivity (Wildman–Crippen MR) is 84.2 cm³/mol. The van der Waals surface area contributed by atoms with Crippen LogP contribution in [0.3, 0.4) is 0 Å². The Morgan fingerprint density at radius 1 is 1.39 bits per heavy atom. The summed E-state index contributed by atoms with van der Waals surface area (Å²) in [5.41, 5.74) is 1.34. The Morgan fingerprint density at radius 2 is 2.30 bits per heavy atom. The van der Waals surface area contributed by atoms with Gasteiger partial charge in [0.05, 0.1) is 18.2 Å². The minimum absolute atomic E-state index is 0.240. The Morgan fingerprint density at radius 3 is 3.13 bits per heavy atom. The van der Waals surface area contributed by atoms with Crippen molar-refractivity contribution in [2.75, 3.05) is 13.2 Å². The molecule has 6 heteroatoms. The van der Waals surface area contributed by atoms with Crippen molar-refractivity contribution < 1.29 is 9.52 Å². The zero-order valence-electron chi connectivity index (χ0n) is 13.0. The fourth-order valence-corrected chi connectivity index (χ4v) is 3.09. The zero-order valence-corrected chi connectivity index (χ0v) is 13.0. The molecule has 1 fully saturated rings. The third-order valence-corrected chi connectivity index (χ3v) is 4.24. The lowest BCUT2D eigenvalue weighted by Crippen LogP contribution is -2.29. The number of aliphatic hydroxyl groups excluding tert-OH is 1. The summed E-state index contributed by atoms with van der Waals surface area (Å²) in [5.74, 6) is 1.04. The number of nitrogens with zero attached hydrogens (tertiary/aromatic N) is 4.